The molecule has 2 saturated carbocycles. The van der Waals surface area contributed by atoms with E-state index in [9.17, 15) is 33.6 Å². The van der Waals surface area contributed by atoms with Gasteiger partial charge in [0.15, 0.2) is 5.78 Å². The van der Waals surface area contributed by atoms with Crippen molar-refractivity contribution in [2.75, 3.05) is 33.0 Å². The number of carbonyl (C=O) groups excluding carboxylic acids is 7. The van der Waals surface area contributed by atoms with Crippen LogP contribution in [-0.4, -0.2) is 74.6 Å². The number of unbranched alkanes of at least 4 members (excludes halogenated alkanes) is 1. The Balaban J connectivity index is 1.42. The summed E-state index contributed by atoms with van der Waals surface area (Å²) in [7, 11) is 0. The molecule has 1 aromatic carbocycles. The molecule has 0 atom stereocenters. The maximum atomic E-state index is 13.0. The van der Waals surface area contributed by atoms with Crippen molar-refractivity contribution in [2.45, 2.75) is 70.6 Å². The summed E-state index contributed by atoms with van der Waals surface area (Å²) in [5.74, 6) is 0.417. The first-order valence-corrected chi connectivity index (χ1v) is 17.5. The first kappa shape index (κ1) is 41.5. The number of hydrogen-bond donors (Lipinski definition) is 2. The minimum absolute atomic E-state index is 0.0551. The Morgan fingerprint density at radius 3 is 1.67 bits per heavy atom. The maximum Gasteiger partial charge on any atom is 0.330 e. The molecule has 0 bridgehead atoms. The van der Waals surface area contributed by atoms with Crippen molar-refractivity contribution in [1.29, 1.82) is 0 Å². The Hall–Kier alpha value is -4.89. The van der Waals surface area contributed by atoms with Gasteiger partial charge in [-0.2, -0.15) is 0 Å². The average Bonchev–Trinajstić information content (AvgIpc) is 3.17. The molecule has 1 amide bonds. The lowest BCUT2D eigenvalue weighted by Crippen LogP contribution is -2.32. The first-order valence-electron chi connectivity index (χ1n) is 17.5. The Labute approximate surface area is 302 Å². The number of nitrogens with two attached hydrogens (primary N) is 1. The van der Waals surface area contributed by atoms with Gasteiger partial charge in [0, 0.05) is 12.5 Å². The van der Waals surface area contributed by atoms with Crippen LogP contribution >= 0.6 is 0 Å². The van der Waals surface area contributed by atoms with E-state index in [1.165, 1.54) is 24.3 Å². The fraction of sp³-hybridized carbons (Fsp3) is 0.541. The number of ether oxygens (including phenoxy) is 6. The summed E-state index contributed by atoms with van der Waals surface area (Å²) in [6.45, 7) is 7.45. The Morgan fingerprint density at radius 2 is 1.15 bits per heavy atom. The number of rotatable bonds is 20. The van der Waals surface area contributed by atoms with E-state index < -0.39 is 35.7 Å². The van der Waals surface area contributed by atoms with Gasteiger partial charge in [0.1, 0.15) is 18.1 Å². The van der Waals surface area contributed by atoms with Crippen LogP contribution in [0.2, 0.25) is 0 Å². The number of hydrogen-bond acceptors (Lipinski definition) is 14. The van der Waals surface area contributed by atoms with Gasteiger partial charge in [0.25, 0.3) is 5.91 Å². The highest BCUT2D eigenvalue weighted by Gasteiger charge is 2.34. The van der Waals surface area contributed by atoms with Crippen LogP contribution in [0.4, 0.5) is 0 Å². The van der Waals surface area contributed by atoms with E-state index in [-0.39, 0.29) is 79.7 Å². The number of hydrazine groups is 1. The third kappa shape index (κ3) is 13.7. The van der Waals surface area contributed by atoms with Crippen LogP contribution in [0.15, 0.2) is 43.5 Å². The Morgan fingerprint density at radius 1 is 0.654 bits per heavy atom. The molecule has 3 rings (SSSR count). The number of carbonyl (C=O) groups is 7. The second-order valence-corrected chi connectivity index (χ2v) is 12.6. The predicted octanol–water partition coefficient (Wildman–Crippen LogP) is 3.47. The molecule has 3 N–H and O–H groups in total. The summed E-state index contributed by atoms with van der Waals surface area (Å²) >= 11 is 0. The molecule has 2 fully saturated rings. The second-order valence-electron chi connectivity index (χ2n) is 12.6. The Bertz CT molecular complexity index is 1440. The highest BCUT2D eigenvalue weighted by molar-refractivity contribution is 5.98. The van der Waals surface area contributed by atoms with E-state index in [2.05, 4.69) is 13.2 Å². The molecule has 0 unspecified atom stereocenters. The van der Waals surface area contributed by atoms with Crippen molar-refractivity contribution < 1.29 is 62.0 Å². The van der Waals surface area contributed by atoms with E-state index in [0.717, 1.165) is 6.08 Å². The highest BCUT2D eigenvalue weighted by atomic mass is 16.6. The molecule has 2 aliphatic rings. The molecule has 0 saturated heterocycles. The molecule has 2 aliphatic carbocycles. The van der Waals surface area contributed by atoms with Crippen molar-refractivity contribution in [2.24, 2.45) is 29.5 Å². The average molecular weight is 729 g/mol. The van der Waals surface area contributed by atoms with Crippen LogP contribution < -0.4 is 20.7 Å². The molecule has 15 nitrogen and oxygen atoms in total. The molecule has 0 aliphatic heterocycles. The second kappa shape index (κ2) is 22.1. The van der Waals surface area contributed by atoms with Gasteiger partial charge in [-0.05, 0) is 88.5 Å². The third-order valence-corrected chi connectivity index (χ3v) is 8.89. The van der Waals surface area contributed by atoms with Crippen molar-refractivity contribution in [3.05, 3.63) is 49.1 Å². The van der Waals surface area contributed by atoms with Crippen LogP contribution in [-0.2, 0) is 47.7 Å². The lowest BCUT2D eigenvalue weighted by molar-refractivity contribution is -0.152. The molecule has 0 aromatic heterocycles. The maximum absolute atomic E-state index is 13.0. The first-order chi connectivity index (χ1) is 25.1. The quantitative estimate of drug-likeness (QED) is 0.0288. The van der Waals surface area contributed by atoms with E-state index in [1.807, 2.05) is 5.43 Å². The van der Waals surface area contributed by atoms with Crippen LogP contribution in [0.1, 0.15) is 81.0 Å². The zero-order valence-corrected chi connectivity index (χ0v) is 29.3. The normalized spacial score (nSPS) is 19.6. The zero-order chi connectivity index (χ0) is 37.9. The van der Waals surface area contributed by atoms with Gasteiger partial charge < -0.3 is 28.4 Å². The number of ketones is 1. The molecule has 1 aromatic rings. The van der Waals surface area contributed by atoms with Crippen molar-refractivity contribution in [3.8, 4) is 11.5 Å². The number of amides is 1. The van der Waals surface area contributed by atoms with Gasteiger partial charge in [-0.1, -0.05) is 13.2 Å². The van der Waals surface area contributed by atoms with E-state index in [0.29, 0.717) is 70.6 Å². The molecule has 284 valence electrons. The SMILES string of the molecule is C=CC(=O)COCCCOC(=O)C1CCC(C(=O)Oc2ccc(OC(=O)C3CCC(C(=O)OCCCCOC(=O)C=C)CC3)cc2C(=O)NN)CC1. The van der Waals surface area contributed by atoms with E-state index in [4.69, 9.17) is 34.3 Å². The monoisotopic (exact) mass is 728 g/mol. The number of nitrogen functional groups attached to an aromatic ring is 1. The lowest BCUT2D eigenvalue weighted by Gasteiger charge is -2.26. The molecular weight excluding hydrogens is 680 g/mol. The molecule has 0 spiro atoms. The standard InChI is InChI=1S/C37H48N2O13/c1-3-28(40)23-47-18-7-21-50-35(44)25-10-14-27(15-11-25)37(46)52-31-17-16-29(22-30(31)33(42)39-38)51-36(45)26-12-8-24(9-13-26)34(43)49-20-6-5-19-48-32(41)4-2/h3-4,16-17,22,24-27H,1-2,5-15,18-21,23,38H2,(H,39,42). The van der Waals surface area contributed by atoms with Gasteiger partial charge in [-0.3, -0.25) is 34.2 Å². The molecule has 0 radical (unpaired) electrons. The highest BCUT2D eigenvalue weighted by Crippen LogP contribution is 2.34. The molecular formula is C37H48N2O13. The van der Waals surface area contributed by atoms with Crippen LogP contribution in [0, 0.1) is 23.7 Å². The summed E-state index contributed by atoms with van der Waals surface area (Å²) < 4.78 is 31.9. The van der Waals surface area contributed by atoms with Crippen LogP contribution in [0.3, 0.4) is 0 Å². The smallest absolute Gasteiger partial charge is 0.330 e. The summed E-state index contributed by atoms with van der Waals surface area (Å²) in [5.41, 5.74) is 1.89. The minimum atomic E-state index is -0.762. The van der Waals surface area contributed by atoms with Gasteiger partial charge in [0.2, 0.25) is 0 Å². The topological polar surface area (TPSA) is 213 Å². The third-order valence-electron chi connectivity index (χ3n) is 8.89. The number of nitrogens with one attached hydrogen (secondary N) is 1. The summed E-state index contributed by atoms with van der Waals surface area (Å²) in [6, 6.07) is 4.02. The summed E-state index contributed by atoms with van der Waals surface area (Å²) in [4.78, 5) is 85.7. The van der Waals surface area contributed by atoms with Crippen LogP contribution in [0.5, 0.6) is 11.5 Å². The van der Waals surface area contributed by atoms with Gasteiger partial charge in [-0.25, -0.2) is 10.6 Å². The molecule has 0 heterocycles. The number of esters is 5. The fourth-order valence-corrected chi connectivity index (χ4v) is 5.85. The van der Waals surface area contributed by atoms with Crippen molar-refractivity contribution in [1.82, 2.24) is 5.43 Å². The summed E-state index contributed by atoms with van der Waals surface area (Å²) in [6.07, 6.45) is 7.13. The molecule has 52 heavy (non-hydrogen) atoms. The summed E-state index contributed by atoms with van der Waals surface area (Å²) in [5, 5.41) is 0. The Kier molecular flexibility index (Phi) is 17.7. The predicted molar refractivity (Wildman–Crippen MR) is 183 cm³/mol. The molecule has 15 heteroatoms. The van der Waals surface area contributed by atoms with Gasteiger partial charge in [-0.15, -0.1) is 0 Å². The largest absolute Gasteiger partial charge is 0.465 e. The number of benzene rings is 1. The zero-order valence-electron chi connectivity index (χ0n) is 29.3. The fourth-order valence-electron chi connectivity index (χ4n) is 5.85. The van der Waals surface area contributed by atoms with Gasteiger partial charge >= 0.3 is 29.8 Å². The van der Waals surface area contributed by atoms with Crippen molar-refractivity contribution >= 4 is 41.5 Å². The van der Waals surface area contributed by atoms with Gasteiger partial charge in [0.05, 0.1) is 55.7 Å². The lowest BCUT2D eigenvalue weighted by atomic mass is 9.82. The minimum Gasteiger partial charge on any atom is -0.465 e. The van der Waals surface area contributed by atoms with E-state index in [1.54, 1.807) is 0 Å². The van der Waals surface area contributed by atoms with E-state index >= 15 is 0 Å². The van der Waals surface area contributed by atoms with Crippen LogP contribution in [0.25, 0.3) is 0 Å². The van der Waals surface area contributed by atoms with Crippen molar-refractivity contribution in [3.63, 3.8) is 0 Å².